The van der Waals surface area contributed by atoms with Gasteiger partial charge in [-0.25, -0.2) is 0 Å². The third kappa shape index (κ3) is 2.47. The van der Waals surface area contributed by atoms with Gasteiger partial charge in [-0.1, -0.05) is 26.8 Å². The minimum Gasteiger partial charge on any atom is -0.508 e. The molecule has 1 atom stereocenters. The Bertz CT molecular complexity index is 392. The third-order valence-corrected chi connectivity index (χ3v) is 4.13. The van der Waals surface area contributed by atoms with Crippen LogP contribution >= 0.6 is 0 Å². The lowest BCUT2D eigenvalue weighted by Crippen LogP contribution is -2.18. The van der Waals surface area contributed by atoms with Gasteiger partial charge in [0.15, 0.2) is 0 Å². The standard InChI is InChI=1S/C15H23NO/c1-4-15(2,3)11-7-8-14(17)12(10-11)13-6-5-9-16-13/h7-8,10,13,16-17H,4-6,9H2,1-3H3. The molecule has 2 nitrogen and oxygen atoms in total. The quantitative estimate of drug-likeness (QED) is 0.837. The predicted octanol–water partition coefficient (Wildman–Crippen LogP) is 3.50. The minimum absolute atomic E-state index is 0.182. The van der Waals surface area contributed by atoms with Gasteiger partial charge in [-0.2, -0.15) is 0 Å². The molecule has 94 valence electrons. The Labute approximate surface area is 104 Å². The van der Waals surface area contributed by atoms with E-state index in [1.165, 1.54) is 12.0 Å². The number of hydrogen-bond acceptors (Lipinski definition) is 2. The van der Waals surface area contributed by atoms with E-state index in [0.717, 1.165) is 24.9 Å². The summed E-state index contributed by atoms with van der Waals surface area (Å²) in [5, 5.41) is 13.4. The molecule has 1 fully saturated rings. The van der Waals surface area contributed by atoms with Crippen molar-refractivity contribution >= 4 is 0 Å². The van der Waals surface area contributed by atoms with Crippen molar-refractivity contribution in [3.8, 4) is 5.75 Å². The molecule has 0 aliphatic carbocycles. The molecule has 0 radical (unpaired) electrons. The maximum absolute atomic E-state index is 9.99. The predicted molar refractivity (Wildman–Crippen MR) is 71.4 cm³/mol. The lowest BCUT2D eigenvalue weighted by Gasteiger charge is -2.25. The first kappa shape index (κ1) is 12.4. The highest BCUT2D eigenvalue weighted by molar-refractivity contribution is 5.41. The van der Waals surface area contributed by atoms with Gasteiger partial charge in [-0.15, -0.1) is 0 Å². The summed E-state index contributed by atoms with van der Waals surface area (Å²) in [4.78, 5) is 0. The van der Waals surface area contributed by atoms with Crippen LogP contribution in [0.5, 0.6) is 5.75 Å². The van der Waals surface area contributed by atoms with E-state index in [1.54, 1.807) is 0 Å². The van der Waals surface area contributed by atoms with Crippen molar-refractivity contribution in [3.63, 3.8) is 0 Å². The Morgan fingerprint density at radius 2 is 2.18 bits per heavy atom. The molecule has 1 aromatic carbocycles. The molecule has 1 aromatic rings. The average Bonchev–Trinajstić information content (AvgIpc) is 2.83. The Kier molecular flexibility index (Phi) is 3.43. The van der Waals surface area contributed by atoms with Crippen LogP contribution < -0.4 is 5.32 Å². The number of aromatic hydroxyl groups is 1. The van der Waals surface area contributed by atoms with Crippen LogP contribution in [0.25, 0.3) is 0 Å². The van der Waals surface area contributed by atoms with Gasteiger partial charge in [-0.3, -0.25) is 0 Å². The maximum atomic E-state index is 9.99. The van der Waals surface area contributed by atoms with Crippen molar-refractivity contribution in [1.29, 1.82) is 0 Å². The van der Waals surface area contributed by atoms with Gasteiger partial charge in [0.1, 0.15) is 5.75 Å². The Hall–Kier alpha value is -1.02. The third-order valence-electron chi connectivity index (χ3n) is 4.13. The van der Waals surface area contributed by atoms with E-state index < -0.39 is 0 Å². The van der Waals surface area contributed by atoms with Crippen LogP contribution in [0.2, 0.25) is 0 Å². The molecule has 2 N–H and O–H groups in total. The SMILES string of the molecule is CCC(C)(C)c1ccc(O)c(C2CCCN2)c1. The molecule has 1 aliphatic rings. The Morgan fingerprint density at radius 1 is 1.41 bits per heavy atom. The summed E-state index contributed by atoms with van der Waals surface area (Å²) >= 11 is 0. The fourth-order valence-corrected chi connectivity index (χ4v) is 2.41. The van der Waals surface area contributed by atoms with Crippen LogP contribution in [-0.4, -0.2) is 11.7 Å². The molecular weight excluding hydrogens is 210 g/mol. The normalized spacial score (nSPS) is 20.8. The average molecular weight is 233 g/mol. The number of rotatable bonds is 3. The molecule has 0 bridgehead atoms. The van der Waals surface area contributed by atoms with E-state index in [0.29, 0.717) is 11.8 Å². The highest BCUT2D eigenvalue weighted by Gasteiger charge is 2.23. The van der Waals surface area contributed by atoms with Crippen LogP contribution in [-0.2, 0) is 5.41 Å². The van der Waals surface area contributed by atoms with Crippen LogP contribution in [0.1, 0.15) is 57.2 Å². The fourth-order valence-electron chi connectivity index (χ4n) is 2.41. The van der Waals surface area contributed by atoms with Crippen molar-refractivity contribution in [2.45, 2.75) is 51.5 Å². The van der Waals surface area contributed by atoms with Crippen molar-refractivity contribution in [1.82, 2.24) is 5.32 Å². The van der Waals surface area contributed by atoms with Crippen LogP contribution in [0, 0.1) is 0 Å². The topological polar surface area (TPSA) is 32.3 Å². The molecule has 0 saturated carbocycles. The first-order valence-electron chi connectivity index (χ1n) is 6.61. The highest BCUT2D eigenvalue weighted by atomic mass is 16.3. The Morgan fingerprint density at radius 3 is 2.76 bits per heavy atom. The lowest BCUT2D eigenvalue weighted by atomic mass is 9.81. The lowest BCUT2D eigenvalue weighted by molar-refractivity contribution is 0.452. The number of hydrogen-bond donors (Lipinski definition) is 2. The number of nitrogens with one attached hydrogen (secondary N) is 1. The summed E-state index contributed by atoms with van der Waals surface area (Å²) in [7, 11) is 0. The van der Waals surface area contributed by atoms with Crippen molar-refractivity contribution in [2.75, 3.05) is 6.54 Å². The fraction of sp³-hybridized carbons (Fsp3) is 0.600. The second-order valence-electron chi connectivity index (χ2n) is 5.66. The summed E-state index contributed by atoms with van der Waals surface area (Å²) < 4.78 is 0. The number of phenols is 1. The molecule has 2 rings (SSSR count). The minimum atomic E-state index is 0.182. The van der Waals surface area contributed by atoms with Gasteiger partial charge in [0.05, 0.1) is 0 Å². The number of phenolic OH excluding ortho intramolecular Hbond substituents is 1. The van der Waals surface area contributed by atoms with Gasteiger partial charge >= 0.3 is 0 Å². The van der Waals surface area contributed by atoms with Crippen LogP contribution in [0.4, 0.5) is 0 Å². The van der Waals surface area contributed by atoms with E-state index in [1.807, 2.05) is 6.07 Å². The molecule has 2 heteroatoms. The molecule has 17 heavy (non-hydrogen) atoms. The zero-order chi connectivity index (χ0) is 12.5. The summed E-state index contributed by atoms with van der Waals surface area (Å²) in [6.07, 6.45) is 3.43. The summed E-state index contributed by atoms with van der Waals surface area (Å²) in [5.41, 5.74) is 2.57. The smallest absolute Gasteiger partial charge is 0.120 e. The summed E-state index contributed by atoms with van der Waals surface area (Å²) in [6, 6.07) is 6.42. The van der Waals surface area contributed by atoms with Crippen molar-refractivity contribution in [2.24, 2.45) is 0 Å². The molecular formula is C15H23NO. The first-order chi connectivity index (χ1) is 8.04. The molecule has 1 heterocycles. The van der Waals surface area contributed by atoms with Gasteiger partial charge in [0, 0.05) is 11.6 Å². The van der Waals surface area contributed by atoms with E-state index in [2.05, 4.69) is 38.2 Å². The molecule has 0 amide bonds. The largest absolute Gasteiger partial charge is 0.508 e. The first-order valence-corrected chi connectivity index (χ1v) is 6.61. The van der Waals surface area contributed by atoms with Gasteiger partial charge < -0.3 is 10.4 Å². The molecule has 1 aliphatic heterocycles. The second kappa shape index (κ2) is 4.69. The zero-order valence-corrected chi connectivity index (χ0v) is 11.1. The van der Waals surface area contributed by atoms with Gasteiger partial charge in [0.25, 0.3) is 0 Å². The van der Waals surface area contributed by atoms with Gasteiger partial charge in [0.2, 0.25) is 0 Å². The monoisotopic (exact) mass is 233 g/mol. The molecule has 0 spiro atoms. The van der Waals surface area contributed by atoms with Crippen LogP contribution in [0.15, 0.2) is 18.2 Å². The second-order valence-corrected chi connectivity index (χ2v) is 5.66. The van der Waals surface area contributed by atoms with Gasteiger partial charge in [-0.05, 0) is 48.9 Å². The van der Waals surface area contributed by atoms with E-state index in [9.17, 15) is 5.11 Å². The van der Waals surface area contributed by atoms with Crippen LogP contribution in [0.3, 0.4) is 0 Å². The molecule has 1 unspecified atom stereocenters. The van der Waals surface area contributed by atoms with E-state index in [-0.39, 0.29) is 5.41 Å². The molecule has 0 aromatic heterocycles. The van der Waals surface area contributed by atoms with Crippen molar-refractivity contribution < 1.29 is 5.11 Å². The van der Waals surface area contributed by atoms with Crippen molar-refractivity contribution in [3.05, 3.63) is 29.3 Å². The zero-order valence-electron chi connectivity index (χ0n) is 11.1. The summed E-state index contributed by atoms with van der Waals surface area (Å²) in [5.74, 6) is 0.431. The number of benzene rings is 1. The maximum Gasteiger partial charge on any atom is 0.120 e. The summed E-state index contributed by atoms with van der Waals surface area (Å²) in [6.45, 7) is 7.78. The highest BCUT2D eigenvalue weighted by Crippen LogP contribution is 2.35. The van der Waals surface area contributed by atoms with E-state index in [4.69, 9.17) is 0 Å². The van der Waals surface area contributed by atoms with E-state index >= 15 is 0 Å². The Balaban J connectivity index is 2.35. The molecule has 1 saturated heterocycles.